The summed E-state index contributed by atoms with van der Waals surface area (Å²) in [6, 6.07) is 4.47. The van der Waals surface area contributed by atoms with Crippen LogP contribution >= 0.6 is 0 Å². The molecule has 0 radical (unpaired) electrons. The average molecular weight is 263 g/mol. The zero-order valence-electron chi connectivity index (χ0n) is 11.8. The van der Waals surface area contributed by atoms with Crippen molar-refractivity contribution >= 4 is 5.91 Å². The van der Waals surface area contributed by atoms with Crippen LogP contribution in [0, 0.1) is 0 Å². The summed E-state index contributed by atoms with van der Waals surface area (Å²) in [5.41, 5.74) is 6.51. The number of unbranched alkanes of at least 4 members (excludes halogenated alkanes) is 1. The molecule has 1 aliphatic carbocycles. The molecular formula is C15H25N3O. The fraction of sp³-hybridized carbons (Fsp3) is 0.667. The van der Waals surface area contributed by atoms with E-state index in [9.17, 15) is 4.79 Å². The molecule has 1 aromatic heterocycles. The fourth-order valence-electron chi connectivity index (χ4n) is 2.53. The first-order valence-corrected chi connectivity index (χ1v) is 7.44. The molecule has 4 nitrogen and oxygen atoms in total. The normalized spacial score (nSPS) is 16.9. The molecule has 0 aromatic carbocycles. The molecule has 2 rings (SSSR count). The maximum Gasteiger partial charge on any atom is 0.268 e. The van der Waals surface area contributed by atoms with Crippen LogP contribution in [0.1, 0.15) is 62.0 Å². The van der Waals surface area contributed by atoms with Crippen LogP contribution in [0.3, 0.4) is 0 Å². The molecule has 0 aliphatic heterocycles. The van der Waals surface area contributed by atoms with Crippen LogP contribution < -0.4 is 11.1 Å². The second-order valence-corrected chi connectivity index (χ2v) is 5.43. The number of rotatable bonds is 7. The number of amides is 1. The number of nitrogens with zero attached hydrogens (tertiary/aromatic N) is 1. The lowest BCUT2D eigenvalue weighted by atomic mass is 9.93. The quantitative estimate of drug-likeness (QED) is 0.794. The van der Waals surface area contributed by atoms with E-state index in [0.717, 1.165) is 25.0 Å². The van der Waals surface area contributed by atoms with E-state index in [1.807, 2.05) is 18.3 Å². The van der Waals surface area contributed by atoms with Crippen LogP contribution in [-0.4, -0.2) is 23.1 Å². The zero-order valence-corrected chi connectivity index (χ0v) is 11.8. The minimum absolute atomic E-state index is 0.0171. The molecule has 1 unspecified atom stereocenters. The molecule has 1 heterocycles. The van der Waals surface area contributed by atoms with Crippen LogP contribution in [-0.2, 0) is 0 Å². The second kappa shape index (κ2) is 6.75. The molecule has 1 amide bonds. The van der Waals surface area contributed by atoms with Crippen molar-refractivity contribution in [3.8, 4) is 0 Å². The third kappa shape index (κ3) is 3.38. The molecule has 106 valence electrons. The second-order valence-electron chi connectivity index (χ2n) is 5.43. The lowest BCUT2D eigenvalue weighted by Crippen LogP contribution is -2.41. The van der Waals surface area contributed by atoms with Crippen molar-refractivity contribution in [2.24, 2.45) is 5.73 Å². The van der Waals surface area contributed by atoms with E-state index in [1.165, 1.54) is 19.3 Å². The van der Waals surface area contributed by atoms with Crippen molar-refractivity contribution in [1.29, 1.82) is 0 Å². The Morgan fingerprint density at radius 2 is 2.37 bits per heavy atom. The number of carbonyl (C=O) groups is 1. The predicted octanol–water partition coefficient (Wildman–Crippen LogP) is 2.46. The molecule has 19 heavy (non-hydrogen) atoms. The molecular weight excluding hydrogens is 238 g/mol. The number of nitrogens with one attached hydrogen (secondary N) is 1. The minimum Gasteiger partial charge on any atom is -0.347 e. The predicted molar refractivity (Wildman–Crippen MR) is 77.2 cm³/mol. The van der Waals surface area contributed by atoms with Crippen molar-refractivity contribution < 1.29 is 4.79 Å². The maximum absolute atomic E-state index is 12.3. The summed E-state index contributed by atoms with van der Waals surface area (Å²) in [6.07, 6.45) is 8.85. The summed E-state index contributed by atoms with van der Waals surface area (Å²) >= 11 is 0. The van der Waals surface area contributed by atoms with Crippen molar-refractivity contribution in [2.75, 3.05) is 6.54 Å². The van der Waals surface area contributed by atoms with E-state index < -0.39 is 0 Å². The van der Waals surface area contributed by atoms with Gasteiger partial charge in [-0.1, -0.05) is 19.8 Å². The van der Waals surface area contributed by atoms with Gasteiger partial charge in [0.1, 0.15) is 5.69 Å². The first kappa shape index (κ1) is 14.1. The van der Waals surface area contributed by atoms with Crippen LogP contribution in [0.25, 0.3) is 0 Å². The van der Waals surface area contributed by atoms with Gasteiger partial charge in [0.15, 0.2) is 0 Å². The number of hydrogen-bond donors (Lipinski definition) is 2. The monoisotopic (exact) mass is 263 g/mol. The first-order chi connectivity index (χ1) is 9.26. The van der Waals surface area contributed by atoms with Crippen LogP contribution in [0.2, 0.25) is 0 Å². The van der Waals surface area contributed by atoms with Gasteiger partial charge >= 0.3 is 0 Å². The smallest absolute Gasteiger partial charge is 0.268 e. The molecule has 1 aliphatic rings. The van der Waals surface area contributed by atoms with Crippen molar-refractivity contribution in [3.63, 3.8) is 0 Å². The van der Waals surface area contributed by atoms with E-state index >= 15 is 0 Å². The summed E-state index contributed by atoms with van der Waals surface area (Å²) in [7, 11) is 0. The van der Waals surface area contributed by atoms with Crippen LogP contribution in [0.15, 0.2) is 18.3 Å². The van der Waals surface area contributed by atoms with Gasteiger partial charge in [-0.05, 0) is 37.8 Å². The molecule has 1 fully saturated rings. The van der Waals surface area contributed by atoms with E-state index in [0.29, 0.717) is 12.6 Å². The molecule has 0 saturated heterocycles. The van der Waals surface area contributed by atoms with Crippen molar-refractivity contribution in [3.05, 3.63) is 24.0 Å². The third-order valence-corrected chi connectivity index (χ3v) is 4.01. The topological polar surface area (TPSA) is 60.0 Å². The first-order valence-electron chi connectivity index (χ1n) is 7.44. The van der Waals surface area contributed by atoms with E-state index in [1.54, 1.807) is 0 Å². The molecule has 0 spiro atoms. The summed E-state index contributed by atoms with van der Waals surface area (Å²) in [5.74, 6) is 0.0171. The fourth-order valence-corrected chi connectivity index (χ4v) is 2.53. The van der Waals surface area contributed by atoms with Gasteiger partial charge in [0.05, 0.1) is 0 Å². The van der Waals surface area contributed by atoms with Gasteiger partial charge in [-0.15, -0.1) is 0 Å². The Labute approximate surface area is 115 Å². The zero-order chi connectivity index (χ0) is 13.7. The van der Waals surface area contributed by atoms with Gasteiger partial charge in [-0.25, -0.2) is 0 Å². The highest BCUT2D eigenvalue weighted by Crippen LogP contribution is 2.32. The lowest BCUT2D eigenvalue weighted by Gasteiger charge is -2.29. The van der Waals surface area contributed by atoms with Gasteiger partial charge in [0, 0.05) is 24.8 Å². The minimum atomic E-state index is 0.0171. The summed E-state index contributed by atoms with van der Waals surface area (Å²) in [5, 5.41) is 3.06. The highest BCUT2D eigenvalue weighted by molar-refractivity contribution is 5.93. The maximum atomic E-state index is 12.3. The molecule has 0 bridgehead atoms. The Morgan fingerprint density at radius 1 is 1.58 bits per heavy atom. The molecule has 1 aromatic rings. The van der Waals surface area contributed by atoms with Gasteiger partial charge in [-0.3, -0.25) is 4.79 Å². The highest BCUT2D eigenvalue weighted by atomic mass is 16.2. The summed E-state index contributed by atoms with van der Waals surface area (Å²) in [4.78, 5) is 12.3. The van der Waals surface area contributed by atoms with E-state index in [4.69, 9.17) is 5.73 Å². The number of hydrogen-bond acceptors (Lipinski definition) is 2. The van der Waals surface area contributed by atoms with Gasteiger partial charge in [0.25, 0.3) is 5.91 Å². The molecule has 3 N–H and O–H groups in total. The average Bonchev–Trinajstić information content (AvgIpc) is 2.81. The third-order valence-electron chi connectivity index (χ3n) is 4.01. The summed E-state index contributed by atoms with van der Waals surface area (Å²) < 4.78 is 2.12. The van der Waals surface area contributed by atoms with Gasteiger partial charge in [0.2, 0.25) is 0 Å². The molecule has 1 saturated carbocycles. The van der Waals surface area contributed by atoms with Gasteiger partial charge in [-0.2, -0.15) is 0 Å². The lowest BCUT2D eigenvalue weighted by molar-refractivity contribution is 0.0920. The van der Waals surface area contributed by atoms with Gasteiger partial charge < -0.3 is 15.6 Å². The number of aromatic nitrogens is 1. The Bertz CT molecular complexity index is 409. The van der Waals surface area contributed by atoms with Crippen LogP contribution in [0.4, 0.5) is 0 Å². The largest absolute Gasteiger partial charge is 0.347 e. The summed E-state index contributed by atoms with van der Waals surface area (Å²) in [6.45, 7) is 2.66. The Morgan fingerprint density at radius 3 is 2.95 bits per heavy atom. The van der Waals surface area contributed by atoms with E-state index in [2.05, 4.69) is 16.8 Å². The van der Waals surface area contributed by atoms with Crippen molar-refractivity contribution in [1.82, 2.24) is 9.88 Å². The standard InChI is InChI=1S/C15H25N3O/c1-2-3-6-12(11-16)17-15(19)14-9-5-10-18(14)13-7-4-8-13/h5,9-10,12-13H,2-4,6-8,11,16H2,1H3,(H,17,19). The molecule has 1 atom stereocenters. The molecule has 4 heteroatoms. The Kier molecular flexibility index (Phi) is 5.02. The Hall–Kier alpha value is -1.29. The Balaban J connectivity index is 1.96. The van der Waals surface area contributed by atoms with Crippen LogP contribution in [0.5, 0.6) is 0 Å². The highest BCUT2D eigenvalue weighted by Gasteiger charge is 2.23. The number of nitrogens with two attached hydrogens (primary N) is 1. The SMILES string of the molecule is CCCCC(CN)NC(=O)c1cccn1C1CCC1. The van der Waals surface area contributed by atoms with E-state index in [-0.39, 0.29) is 11.9 Å². The van der Waals surface area contributed by atoms with Crippen molar-refractivity contribution in [2.45, 2.75) is 57.5 Å². The number of carbonyl (C=O) groups excluding carboxylic acids is 1.